The minimum atomic E-state index is -1.07. The average molecular weight is 567 g/mol. The van der Waals surface area contributed by atoms with E-state index >= 15 is 0 Å². The molecule has 0 aliphatic carbocycles. The fraction of sp³-hybridized carbons (Fsp3) is 0.516. The number of nitrogens with one attached hydrogen (secondary N) is 3. The number of benzene rings is 1. The summed E-state index contributed by atoms with van der Waals surface area (Å²) in [5.74, 6) is -1.14. The predicted molar refractivity (Wildman–Crippen MR) is 154 cm³/mol. The van der Waals surface area contributed by atoms with Crippen molar-refractivity contribution in [1.29, 1.82) is 0 Å². The zero-order valence-electron chi connectivity index (χ0n) is 24.7. The topological polar surface area (TPSA) is 139 Å². The van der Waals surface area contributed by atoms with E-state index in [9.17, 15) is 19.2 Å². The first kappa shape index (κ1) is 31.7. The second-order valence-corrected chi connectivity index (χ2v) is 12.0. The number of carbonyl (C=O) groups excluding carboxylic acids is 4. The molecule has 4 atom stereocenters. The van der Waals surface area contributed by atoms with Gasteiger partial charge in [-0.15, -0.1) is 0 Å². The Morgan fingerprint density at radius 2 is 1.49 bits per heavy atom. The van der Waals surface area contributed by atoms with Gasteiger partial charge in [-0.2, -0.15) is 0 Å². The van der Waals surface area contributed by atoms with Crippen LogP contribution in [0.15, 0.2) is 54.7 Å². The third kappa shape index (κ3) is 10.3. The van der Waals surface area contributed by atoms with Gasteiger partial charge in [-0.3, -0.25) is 19.4 Å². The Morgan fingerprint density at radius 3 is 2.02 bits per heavy atom. The average Bonchev–Trinajstić information content (AvgIpc) is 3.65. The van der Waals surface area contributed by atoms with Gasteiger partial charge in [-0.05, 0) is 57.7 Å². The maximum atomic E-state index is 13.7. The molecular formula is C31H42N4O6. The molecule has 0 spiro atoms. The Labute approximate surface area is 242 Å². The normalized spacial score (nSPS) is 18.5. The van der Waals surface area contributed by atoms with Crippen molar-refractivity contribution < 1.29 is 28.7 Å². The Kier molecular flexibility index (Phi) is 10.6. The molecule has 1 fully saturated rings. The molecule has 0 saturated carbocycles. The maximum absolute atomic E-state index is 13.7. The molecule has 1 saturated heterocycles. The van der Waals surface area contributed by atoms with Gasteiger partial charge in [0.15, 0.2) is 5.78 Å². The van der Waals surface area contributed by atoms with Crippen LogP contribution in [0.2, 0.25) is 0 Å². The summed E-state index contributed by atoms with van der Waals surface area (Å²) in [6.07, 6.45) is 1.52. The summed E-state index contributed by atoms with van der Waals surface area (Å²) in [6.45, 7) is 11.1. The van der Waals surface area contributed by atoms with Gasteiger partial charge >= 0.3 is 6.09 Å². The number of ether oxygens (including phenoxy) is 2. The summed E-state index contributed by atoms with van der Waals surface area (Å²) in [5.41, 5.74) is -0.284. The molecule has 2 aromatic rings. The monoisotopic (exact) mass is 566 g/mol. The highest BCUT2D eigenvalue weighted by Crippen LogP contribution is 2.29. The number of alkyl carbamates (subject to hydrolysis) is 1. The second kappa shape index (κ2) is 13.7. The molecule has 1 aliphatic heterocycles. The number of Topliss-reactive ketones (excluding diaryl/α,β-unsaturated/α-hetero) is 1. The fourth-order valence-corrected chi connectivity index (χ4v) is 4.31. The van der Waals surface area contributed by atoms with E-state index in [-0.39, 0.29) is 24.5 Å². The van der Waals surface area contributed by atoms with Crippen LogP contribution in [-0.2, 0) is 36.7 Å². The van der Waals surface area contributed by atoms with Crippen molar-refractivity contribution in [3.63, 3.8) is 0 Å². The number of hydrogen-bond acceptors (Lipinski definition) is 7. The lowest BCUT2D eigenvalue weighted by Gasteiger charge is -2.27. The van der Waals surface area contributed by atoms with Crippen LogP contribution in [0.5, 0.6) is 0 Å². The number of rotatable bonds is 13. The van der Waals surface area contributed by atoms with Gasteiger partial charge in [-0.25, -0.2) is 4.79 Å². The minimum absolute atomic E-state index is 0.0791. The van der Waals surface area contributed by atoms with E-state index < -0.39 is 47.2 Å². The minimum Gasteiger partial charge on any atom is -0.444 e. The van der Waals surface area contributed by atoms with Gasteiger partial charge in [0.2, 0.25) is 11.8 Å². The van der Waals surface area contributed by atoms with Crippen LogP contribution in [0.3, 0.4) is 0 Å². The molecule has 3 amide bonds. The quantitative estimate of drug-likeness (QED) is 0.317. The summed E-state index contributed by atoms with van der Waals surface area (Å²) in [7, 11) is 0. The van der Waals surface area contributed by atoms with Gasteiger partial charge in [0.05, 0.1) is 12.6 Å². The molecule has 222 valence electrons. The highest BCUT2D eigenvalue weighted by molar-refractivity contribution is 5.98. The Bertz CT molecular complexity index is 1190. The highest BCUT2D eigenvalue weighted by Gasteiger charge is 2.50. The van der Waals surface area contributed by atoms with Crippen LogP contribution < -0.4 is 16.0 Å². The number of epoxide rings is 1. The molecule has 0 bridgehead atoms. The Balaban J connectivity index is 1.84. The number of ketones is 1. The first-order chi connectivity index (χ1) is 19.3. The first-order valence-corrected chi connectivity index (χ1v) is 14.0. The van der Waals surface area contributed by atoms with Crippen molar-refractivity contribution in [3.05, 3.63) is 66.0 Å². The molecule has 41 heavy (non-hydrogen) atoms. The van der Waals surface area contributed by atoms with Crippen molar-refractivity contribution in [2.75, 3.05) is 6.61 Å². The van der Waals surface area contributed by atoms with Crippen LogP contribution in [-0.4, -0.2) is 64.6 Å². The van der Waals surface area contributed by atoms with Crippen molar-refractivity contribution in [2.45, 2.75) is 90.1 Å². The van der Waals surface area contributed by atoms with Crippen molar-refractivity contribution in [1.82, 2.24) is 20.9 Å². The molecular weight excluding hydrogens is 524 g/mol. The van der Waals surface area contributed by atoms with E-state index in [0.717, 1.165) is 5.56 Å². The molecule has 10 nitrogen and oxygen atoms in total. The number of hydrogen-bond donors (Lipinski definition) is 3. The summed E-state index contributed by atoms with van der Waals surface area (Å²) in [6, 6.07) is 11.7. The summed E-state index contributed by atoms with van der Waals surface area (Å²) in [5, 5.41) is 8.32. The number of amides is 3. The predicted octanol–water partition coefficient (Wildman–Crippen LogP) is 3.13. The molecule has 3 rings (SSSR count). The largest absolute Gasteiger partial charge is 0.444 e. The van der Waals surface area contributed by atoms with E-state index in [1.807, 2.05) is 44.2 Å². The Hall–Kier alpha value is -3.79. The van der Waals surface area contributed by atoms with Crippen LogP contribution in [0.25, 0.3) is 0 Å². The second-order valence-electron chi connectivity index (χ2n) is 12.0. The molecule has 2 heterocycles. The number of nitrogens with zero attached hydrogens (tertiary/aromatic N) is 1. The van der Waals surface area contributed by atoms with Gasteiger partial charge in [0.1, 0.15) is 23.3 Å². The molecule has 3 N–H and O–H groups in total. The number of pyridine rings is 1. The molecule has 0 radical (unpaired) electrons. The molecule has 1 aromatic heterocycles. The van der Waals surface area contributed by atoms with Gasteiger partial charge in [0.25, 0.3) is 0 Å². The summed E-state index contributed by atoms with van der Waals surface area (Å²) in [4.78, 5) is 57.4. The molecule has 0 unspecified atom stereocenters. The number of aromatic nitrogens is 1. The summed E-state index contributed by atoms with van der Waals surface area (Å²) >= 11 is 0. The molecule has 1 aromatic carbocycles. The lowest BCUT2D eigenvalue weighted by Crippen LogP contribution is -2.58. The van der Waals surface area contributed by atoms with Gasteiger partial charge < -0.3 is 25.4 Å². The van der Waals surface area contributed by atoms with E-state index in [1.54, 1.807) is 52.1 Å². The van der Waals surface area contributed by atoms with E-state index in [1.165, 1.54) is 0 Å². The van der Waals surface area contributed by atoms with Crippen LogP contribution in [0.1, 0.15) is 59.2 Å². The number of carbonyl (C=O) groups is 4. The first-order valence-electron chi connectivity index (χ1n) is 14.0. The van der Waals surface area contributed by atoms with Crippen LogP contribution in [0.4, 0.5) is 4.79 Å². The highest BCUT2D eigenvalue weighted by atomic mass is 16.6. The Morgan fingerprint density at radius 1 is 0.902 bits per heavy atom. The maximum Gasteiger partial charge on any atom is 0.408 e. The van der Waals surface area contributed by atoms with Crippen molar-refractivity contribution in [2.24, 2.45) is 5.92 Å². The van der Waals surface area contributed by atoms with Crippen LogP contribution in [0, 0.1) is 5.92 Å². The zero-order valence-corrected chi connectivity index (χ0v) is 24.7. The standard InChI is InChI=1S/C31H42N4O6/c1-20(2)16-23(26(36)31(6)19-40-31)33-27(37)24(17-21-12-8-7-9-13-21)34-28(38)25(18-22-14-10-11-15-32-22)35-29(39)41-30(3,4)5/h7-15,20,23-25H,16-19H2,1-6H3,(H,33,37)(H,34,38)(H,35,39)/t23-,24-,25-,31+/m0/s1. The van der Waals surface area contributed by atoms with E-state index in [2.05, 4.69) is 20.9 Å². The van der Waals surface area contributed by atoms with E-state index in [4.69, 9.17) is 9.47 Å². The SMILES string of the molecule is CC(C)C[C@H](NC(=O)[C@H](Cc1ccccc1)NC(=O)[C@H](Cc1ccccn1)NC(=O)OC(C)(C)C)C(=O)[C@@]1(C)CO1. The zero-order chi connectivity index (χ0) is 30.2. The summed E-state index contributed by atoms with van der Waals surface area (Å²) < 4.78 is 10.7. The molecule has 10 heteroatoms. The van der Waals surface area contributed by atoms with Crippen molar-refractivity contribution in [3.8, 4) is 0 Å². The smallest absolute Gasteiger partial charge is 0.408 e. The lowest BCUT2D eigenvalue weighted by atomic mass is 9.93. The third-order valence-electron chi connectivity index (χ3n) is 6.50. The third-order valence-corrected chi connectivity index (χ3v) is 6.50. The van der Waals surface area contributed by atoms with Crippen LogP contribution >= 0.6 is 0 Å². The van der Waals surface area contributed by atoms with E-state index in [0.29, 0.717) is 18.7 Å². The lowest BCUT2D eigenvalue weighted by molar-refractivity contribution is -0.133. The molecule has 1 aliphatic rings. The van der Waals surface area contributed by atoms with Crippen molar-refractivity contribution >= 4 is 23.7 Å². The fourth-order valence-electron chi connectivity index (χ4n) is 4.31. The van der Waals surface area contributed by atoms with Gasteiger partial charge in [0, 0.05) is 24.7 Å². The van der Waals surface area contributed by atoms with Gasteiger partial charge in [-0.1, -0.05) is 50.2 Å².